The van der Waals surface area contributed by atoms with Crippen molar-refractivity contribution >= 4 is 35.6 Å². The number of carboxylic acids is 1. The van der Waals surface area contributed by atoms with Gasteiger partial charge in [-0.1, -0.05) is 19.1 Å². The zero-order valence-corrected chi connectivity index (χ0v) is 16.5. The molecule has 0 bridgehead atoms. The number of carbonyl (C=O) groups is 1. The molecule has 0 fully saturated rings. The first kappa shape index (κ1) is 22.3. The molecule has 2 aromatic carbocycles. The van der Waals surface area contributed by atoms with Gasteiger partial charge >= 0.3 is 0 Å². The molecule has 0 radical (unpaired) electrons. The summed E-state index contributed by atoms with van der Waals surface area (Å²) >= 11 is 0. The Balaban J connectivity index is 0.00000364. The third-order valence-corrected chi connectivity index (χ3v) is 4.03. The summed E-state index contributed by atoms with van der Waals surface area (Å²) in [4.78, 5) is 11.7. The Kier molecular flexibility index (Phi) is 8.12. The topological polar surface area (TPSA) is 114 Å². The highest BCUT2D eigenvalue weighted by molar-refractivity contribution is 5.95. The molecular formula is C20H26ClN4O2-. The van der Waals surface area contributed by atoms with E-state index in [1.165, 1.54) is 0 Å². The third kappa shape index (κ3) is 5.89. The van der Waals surface area contributed by atoms with Gasteiger partial charge in [0.25, 0.3) is 0 Å². The van der Waals surface area contributed by atoms with Gasteiger partial charge in [-0.25, -0.2) is 0 Å². The minimum atomic E-state index is -1.20. The second-order valence-electron chi connectivity index (χ2n) is 6.46. The molecule has 0 saturated carbocycles. The van der Waals surface area contributed by atoms with E-state index in [1.807, 2.05) is 19.1 Å². The second kappa shape index (κ2) is 9.83. The summed E-state index contributed by atoms with van der Waals surface area (Å²) < 4.78 is 0. The van der Waals surface area contributed by atoms with Crippen molar-refractivity contribution in [1.29, 1.82) is 5.41 Å². The number of hydrogen-bond acceptors (Lipinski definition) is 5. The molecule has 0 spiro atoms. The molecule has 2 rings (SSSR count). The number of nitrogens with two attached hydrogens (primary N) is 1. The van der Waals surface area contributed by atoms with Crippen molar-refractivity contribution in [3.05, 3.63) is 59.2 Å². The van der Waals surface area contributed by atoms with E-state index in [2.05, 4.69) is 24.5 Å². The van der Waals surface area contributed by atoms with Gasteiger partial charge in [0.2, 0.25) is 0 Å². The SMILES string of the molecule is CCc1cc(C(Nc2ccc(C(=N)N)cc2)C(=O)[O-])ccc1NC(C)C.Cl. The zero-order valence-electron chi connectivity index (χ0n) is 15.7. The normalized spacial score (nSPS) is 11.4. The third-order valence-electron chi connectivity index (χ3n) is 4.03. The van der Waals surface area contributed by atoms with Crippen LogP contribution in [0.2, 0.25) is 0 Å². The summed E-state index contributed by atoms with van der Waals surface area (Å²) in [5.74, 6) is -1.24. The first-order valence-corrected chi connectivity index (χ1v) is 8.63. The Labute approximate surface area is 166 Å². The largest absolute Gasteiger partial charge is 0.548 e. The Morgan fingerprint density at radius 2 is 1.78 bits per heavy atom. The van der Waals surface area contributed by atoms with E-state index in [-0.39, 0.29) is 18.2 Å². The molecule has 7 heteroatoms. The lowest BCUT2D eigenvalue weighted by atomic mass is 10.00. The van der Waals surface area contributed by atoms with Gasteiger partial charge < -0.3 is 26.3 Å². The van der Waals surface area contributed by atoms with Crippen molar-refractivity contribution in [3.8, 4) is 0 Å². The van der Waals surface area contributed by atoms with Crippen LogP contribution in [-0.4, -0.2) is 17.8 Å². The second-order valence-corrected chi connectivity index (χ2v) is 6.46. The average molecular weight is 390 g/mol. The maximum absolute atomic E-state index is 11.7. The van der Waals surface area contributed by atoms with Crippen molar-refractivity contribution in [2.45, 2.75) is 39.3 Å². The zero-order chi connectivity index (χ0) is 19.3. The lowest BCUT2D eigenvalue weighted by Gasteiger charge is -2.23. The number of amidine groups is 1. The van der Waals surface area contributed by atoms with Crippen molar-refractivity contribution in [2.24, 2.45) is 5.73 Å². The Morgan fingerprint density at radius 1 is 1.15 bits per heavy atom. The van der Waals surface area contributed by atoms with E-state index in [0.717, 1.165) is 17.7 Å². The molecule has 0 aliphatic rings. The number of anilines is 2. The van der Waals surface area contributed by atoms with Gasteiger partial charge in [0, 0.05) is 23.0 Å². The molecule has 0 heterocycles. The summed E-state index contributed by atoms with van der Waals surface area (Å²) in [6.07, 6.45) is 0.788. The maximum atomic E-state index is 11.7. The van der Waals surface area contributed by atoms with E-state index < -0.39 is 12.0 Å². The fourth-order valence-electron chi connectivity index (χ4n) is 2.73. The van der Waals surface area contributed by atoms with Crippen molar-refractivity contribution in [2.75, 3.05) is 10.6 Å². The lowest BCUT2D eigenvalue weighted by Crippen LogP contribution is -2.34. The smallest absolute Gasteiger partial charge is 0.122 e. The number of carboxylic acid groups (broad SMARTS) is 1. The quantitative estimate of drug-likeness (QED) is 0.409. The van der Waals surface area contributed by atoms with Crippen LogP contribution in [0.4, 0.5) is 11.4 Å². The number of nitrogen functional groups attached to an aromatic ring is 1. The van der Waals surface area contributed by atoms with Crippen LogP contribution >= 0.6 is 12.4 Å². The fourth-order valence-corrected chi connectivity index (χ4v) is 2.73. The number of hydrogen-bond donors (Lipinski definition) is 4. The predicted octanol–water partition coefficient (Wildman–Crippen LogP) is 2.68. The predicted molar refractivity (Wildman–Crippen MR) is 111 cm³/mol. The molecule has 0 amide bonds. The number of benzene rings is 2. The molecule has 0 saturated heterocycles. The highest BCUT2D eigenvalue weighted by Crippen LogP contribution is 2.25. The summed E-state index contributed by atoms with van der Waals surface area (Å²) in [7, 11) is 0. The number of aryl methyl sites for hydroxylation is 1. The van der Waals surface area contributed by atoms with E-state index in [4.69, 9.17) is 11.1 Å². The molecule has 1 unspecified atom stereocenters. The van der Waals surface area contributed by atoms with Gasteiger partial charge in [0.05, 0.1) is 12.0 Å². The highest BCUT2D eigenvalue weighted by Gasteiger charge is 2.15. The number of rotatable bonds is 8. The van der Waals surface area contributed by atoms with Crippen molar-refractivity contribution in [1.82, 2.24) is 0 Å². The number of aliphatic carboxylic acids is 1. The van der Waals surface area contributed by atoms with Crippen LogP contribution in [-0.2, 0) is 11.2 Å². The number of carbonyl (C=O) groups excluding carboxylic acids is 1. The molecule has 2 aromatic rings. The maximum Gasteiger partial charge on any atom is 0.122 e. The summed E-state index contributed by atoms with van der Waals surface area (Å²) in [6.45, 7) is 6.15. The van der Waals surface area contributed by atoms with Gasteiger partial charge in [-0.3, -0.25) is 5.41 Å². The average Bonchev–Trinajstić information content (AvgIpc) is 2.59. The molecule has 146 valence electrons. The van der Waals surface area contributed by atoms with E-state index in [0.29, 0.717) is 22.9 Å². The molecule has 5 N–H and O–H groups in total. The Morgan fingerprint density at radius 3 is 2.26 bits per heavy atom. The van der Waals surface area contributed by atoms with E-state index >= 15 is 0 Å². The minimum Gasteiger partial charge on any atom is -0.548 e. The first-order valence-electron chi connectivity index (χ1n) is 8.63. The number of halogens is 1. The standard InChI is InChI=1S/C20H26N4O2.ClH/c1-4-13-11-15(7-10-17(13)23-12(2)3)18(20(25)26)24-16-8-5-14(6-9-16)19(21)22;/h5-12,18,23-24H,4H2,1-3H3,(H3,21,22)(H,25,26);1H/p-1. The molecule has 1 atom stereocenters. The minimum absolute atomic E-state index is 0. The van der Waals surface area contributed by atoms with Gasteiger partial charge in [0.1, 0.15) is 5.84 Å². The molecule has 6 nitrogen and oxygen atoms in total. The van der Waals surface area contributed by atoms with Gasteiger partial charge in [-0.2, -0.15) is 0 Å². The van der Waals surface area contributed by atoms with Crippen molar-refractivity contribution in [3.63, 3.8) is 0 Å². The monoisotopic (exact) mass is 389 g/mol. The molecule has 0 aromatic heterocycles. The molecular weight excluding hydrogens is 364 g/mol. The lowest BCUT2D eigenvalue weighted by molar-refractivity contribution is -0.307. The van der Waals surface area contributed by atoms with E-state index in [1.54, 1.807) is 30.3 Å². The van der Waals surface area contributed by atoms with Gasteiger partial charge in [-0.15, -0.1) is 12.4 Å². The van der Waals surface area contributed by atoms with Crippen LogP contribution in [0.5, 0.6) is 0 Å². The van der Waals surface area contributed by atoms with Crippen LogP contribution in [0.1, 0.15) is 43.5 Å². The Hall–Kier alpha value is -2.73. The summed E-state index contributed by atoms with van der Waals surface area (Å²) in [5, 5.41) is 25.5. The molecule has 0 aliphatic carbocycles. The van der Waals surface area contributed by atoms with Crippen LogP contribution in [0, 0.1) is 5.41 Å². The summed E-state index contributed by atoms with van der Waals surface area (Å²) in [6, 6.07) is 11.6. The summed E-state index contributed by atoms with van der Waals surface area (Å²) in [5.41, 5.74) is 9.33. The van der Waals surface area contributed by atoms with Crippen LogP contribution < -0.4 is 21.5 Å². The van der Waals surface area contributed by atoms with Crippen LogP contribution in [0.25, 0.3) is 0 Å². The molecule has 0 aliphatic heterocycles. The highest BCUT2D eigenvalue weighted by atomic mass is 35.5. The molecule has 27 heavy (non-hydrogen) atoms. The van der Waals surface area contributed by atoms with Crippen molar-refractivity contribution < 1.29 is 9.90 Å². The number of nitrogens with one attached hydrogen (secondary N) is 3. The van der Waals surface area contributed by atoms with E-state index in [9.17, 15) is 9.90 Å². The van der Waals surface area contributed by atoms with Crippen LogP contribution in [0.15, 0.2) is 42.5 Å². The first-order chi connectivity index (χ1) is 12.3. The van der Waals surface area contributed by atoms with Gasteiger partial charge in [0.15, 0.2) is 0 Å². The van der Waals surface area contributed by atoms with Crippen LogP contribution in [0.3, 0.4) is 0 Å². The Bertz CT molecular complexity index is 791. The fraction of sp³-hybridized carbons (Fsp3) is 0.300. The van der Waals surface area contributed by atoms with Gasteiger partial charge in [-0.05, 0) is 61.7 Å².